The van der Waals surface area contributed by atoms with Crippen LogP contribution in [0.5, 0.6) is 11.5 Å². The molecule has 0 radical (unpaired) electrons. The van der Waals surface area contributed by atoms with Gasteiger partial charge < -0.3 is 9.47 Å². The molecule has 8 heteroatoms. The maximum Gasteiger partial charge on any atom is 0.345 e. The highest BCUT2D eigenvalue weighted by Crippen LogP contribution is 2.23. The number of hydrogen-bond donors (Lipinski definition) is 1. The molecule has 0 aliphatic rings. The number of halogens is 2. The molecule has 6 nitrogen and oxygen atoms in total. The Morgan fingerprint density at radius 3 is 2.29 bits per heavy atom. The van der Waals surface area contributed by atoms with Crippen LogP contribution in [0.3, 0.4) is 0 Å². The van der Waals surface area contributed by atoms with Crippen molar-refractivity contribution < 1.29 is 19.1 Å². The molecule has 0 unspecified atom stereocenters. The number of hydrogen-bond acceptors (Lipinski definition) is 5. The Kier molecular flexibility index (Phi) is 7.65. The Balaban J connectivity index is 1.55. The maximum absolute atomic E-state index is 12.2. The molecule has 0 saturated carbocycles. The van der Waals surface area contributed by atoms with E-state index in [4.69, 9.17) is 32.7 Å². The van der Waals surface area contributed by atoms with Crippen molar-refractivity contribution in [3.8, 4) is 11.5 Å². The summed E-state index contributed by atoms with van der Waals surface area (Å²) in [5.41, 5.74) is 3.84. The van der Waals surface area contributed by atoms with E-state index >= 15 is 0 Å². The number of carbonyl (C=O) groups is 2. The lowest BCUT2D eigenvalue weighted by atomic mass is 10.2. The second kappa shape index (κ2) is 10.6. The van der Waals surface area contributed by atoms with Crippen molar-refractivity contribution in [3.05, 3.63) is 93.5 Å². The van der Waals surface area contributed by atoms with Gasteiger partial charge in [-0.25, -0.2) is 10.2 Å². The first-order chi connectivity index (χ1) is 15.0. The smallest absolute Gasteiger partial charge is 0.345 e. The van der Waals surface area contributed by atoms with Crippen molar-refractivity contribution in [2.75, 3.05) is 6.61 Å². The van der Waals surface area contributed by atoms with Gasteiger partial charge >= 0.3 is 5.97 Å². The molecule has 3 aromatic carbocycles. The molecule has 0 fully saturated rings. The van der Waals surface area contributed by atoms with Crippen LogP contribution in [0.4, 0.5) is 0 Å². The minimum absolute atomic E-state index is 0.213. The first-order valence-electron chi connectivity index (χ1n) is 9.30. The van der Waals surface area contributed by atoms with Crippen LogP contribution >= 0.6 is 23.2 Å². The van der Waals surface area contributed by atoms with E-state index in [1.807, 2.05) is 6.92 Å². The van der Waals surface area contributed by atoms with Crippen molar-refractivity contribution in [2.45, 2.75) is 6.92 Å². The van der Waals surface area contributed by atoms with E-state index in [0.717, 1.165) is 0 Å². The SMILES string of the molecule is CCOc1ccc(C(=O)N/N=C\c2ccc(OC(=O)c3ccc(Cl)cc3Cl)cc2)cc1. The van der Waals surface area contributed by atoms with Gasteiger partial charge in [-0.2, -0.15) is 5.10 Å². The molecule has 0 aliphatic heterocycles. The van der Waals surface area contributed by atoms with Gasteiger partial charge in [0.25, 0.3) is 5.91 Å². The van der Waals surface area contributed by atoms with Crippen LogP contribution in [0, 0.1) is 0 Å². The summed E-state index contributed by atoms with van der Waals surface area (Å²) >= 11 is 11.9. The van der Waals surface area contributed by atoms with Gasteiger partial charge in [-0.1, -0.05) is 23.2 Å². The fourth-order valence-electron chi connectivity index (χ4n) is 2.54. The third-order valence-electron chi connectivity index (χ3n) is 4.05. The van der Waals surface area contributed by atoms with Crippen molar-refractivity contribution in [3.63, 3.8) is 0 Å². The van der Waals surface area contributed by atoms with Crippen molar-refractivity contribution in [1.82, 2.24) is 5.43 Å². The molecule has 158 valence electrons. The monoisotopic (exact) mass is 456 g/mol. The number of carbonyl (C=O) groups excluding carboxylic acids is 2. The quantitative estimate of drug-likeness (QED) is 0.224. The van der Waals surface area contributed by atoms with Crippen LogP contribution < -0.4 is 14.9 Å². The summed E-state index contributed by atoms with van der Waals surface area (Å²) in [6.45, 7) is 2.45. The maximum atomic E-state index is 12.2. The minimum atomic E-state index is -0.592. The largest absolute Gasteiger partial charge is 0.494 e. The average Bonchev–Trinajstić information content (AvgIpc) is 2.75. The lowest BCUT2D eigenvalue weighted by Gasteiger charge is -2.06. The molecule has 1 N–H and O–H groups in total. The third-order valence-corrected chi connectivity index (χ3v) is 4.60. The van der Waals surface area contributed by atoms with Gasteiger partial charge in [-0.05, 0) is 79.2 Å². The molecule has 0 saturated heterocycles. The highest BCUT2D eigenvalue weighted by molar-refractivity contribution is 6.36. The van der Waals surface area contributed by atoms with Gasteiger partial charge in [-0.15, -0.1) is 0 Å². The number of nitrogens with zero attached hydrogens (tertiary/aromatic N) is 1. The fourth-order valence-corrected chi connectivity index (χ4v) is 3.02. The molecule has 0 bridgehead atoms. The summed E-state index contributed by atoms with van der Waals surface area (Å²) in [5, 5.41) is 4.58. The number of benzene rings is 3. The lowest BCUT2D eigenvalue weighted by Crippen LogP contribution is -2.17. The number of ether oxygens (including phenoxy) is 2. The standard InChI is InChI=1S/C23H18Cl2N2O4/c1-2-30-18-10-5-16(6-11-18)22(28)27-26-14-15-3-8-19(9-4-15)31-23(29)20-12-7-17(24)13-21(20)25/h3-14H,2H2,1H3,(H,27,28)/b26-14-. The van der Waals surface area contributed by atoms with Crippen LogP contribution in [-0.4, -0.2) is 24.7 Å². The second-order valence-corrected chi connectivity index (χ2v) is 7.08. The van der Waals surface area contributed by atoms with E-state index in [0.29, 0.717) is 34.3 Å². The van der Waals surface area contributed by atoms with E-state index in [2.05, 4.69) is 10.5 Å². The van der Waals surface area contributed by atoms with Crippen LogP contribution in [0.1, 0.15) is 33.2 Å². The molecule has 0 aromatic heterocycles. The minimum Gasteiger partial charge on any atom is -0.494 e. The highest BCUT2D eigenvalue weighted by Gasteiger charge is 2.13. The van der Waals surface area contributed by atoms with Crippen LogP contribution in [0.25, 0.3) is 0 Å². The number of esters is 1. The zero-order valence-corrected chi connectivity index (χ0v) is 18.0. The van der Waals surface area contributed by atoms with Crippen molar-refractivity contribution >= 4 is 41.3 Å². The summed E-state index contributed by atoms with van der Waals surface area (Å²) in [7, 11) is 0. The van der Waals surface area contributed by atoms with Crippen molar-refractivity contribution in [2.24, 2.45) is 5.10 Å². The molecule has 0 heterocycles. The molecule has 0 spiro atoms. The molecule has 3 aromatic rings. The zero-order chi connectivity index (χ0) is 22.2. The Morgan fingerprint density at radius 2 is 1.65 bits per heavy atom. The topological polar surface area (TPSA) is 77.0 Å². The summed E-state index contributed by atoms with van der Waals surface area (Å²) in [5.74, 6) is 0.101. The summed E-state index contributed by atoms with van der Waals surface area (Å²) < 4.78 is 10.7. The lowest BCUT2D eigenvalue weighted by molar-refractivity contribution is 0.0734. The number of rotatable bonds is 7. The predicted molar refractivity (Wildman–Crippen MR) is 121 cm³/mol. The predicted octanol–water partition coefficient (Wildman–Crippen LogP) is 5.38. The fraction of sp³-hybridized carbons (Fsp3) is 0.0870. The van der Waals surface area contributed by atoms with Gasteiger partial charge in [0.05, 0.1) is 23.4 Å². The van der Waals surface area contributed by atoms with E-state index in [1.54, 1.807) is 54.6 Å². The third kappa shape index (κ3) is 6.31. The first kappa shape index (κ1) is 22.3. The zero-order valence-electron chi connectivity index (χ0n) is 16.5. The number of hydrazone groups is 1. The van der Waals surface area contributed by atoms with Gasteiger partial charge in [0.2, 0.25) is 0 Å². The molecule has 3 rings (SSSR count). The van der Waals surface area contributed by atoms with Gasteiger partial charge in [0, 0.05) is 10.6 Å². The van der Waals surface area contributed by atoms with E-state index in [1.165, 1.54) is 18.3 Å². The molecule has 1 amide bonds. The molecule has 0 atom stereocenters. The van der Waals surface area contributed by atoms with Gasteiger partial charge in [-0.3, -0.25) is 4.79 Å². The van der Waals surface area contributed by atoms with E-state index in [9.17, 15) is 9.59 Å². The van der Waals surface area contributed by atoms with Gasteiger partial charge in [0.15, 0.2) is 0 Å². The second-order valence-electron chi connectivity index (χ2n) is 6.24. The Labute approximate surface area is 189 Å². The van der Waals surface area contributed by atoms with Crippen LogP contribution in [0.2, 0.25) is 10.0 Å². The van der Waals surface area contributed by atoms with Crippen molar-refractivity contribution in [1.29, 1.82) is 0 Å². The normalized spacial score (nSPS) is 10.7. The first-order valence-corrected chi connectivity index (χ1v) is 10.1. The van der Waals surface area contributed by atoms with E-state index < -0.39 is 5.97 Å². The summed E-state index contributed by atoms with van der Waals surface area (Å²) in [6.07, 6.45) is 1.48. The Hall–Kier alpha value is -3.35. The Morgan fingerprint density at radius 1 is 0.968 bits per heavy atom. The summed E-state index contributed by atoms with van der Waals surface area (Å²) in [6, 6.07) is 17.9. The van der Waals surface area contributed by atoms with E-state index in [-0.39, 0.29) is 16.5 Å². The highest BCUT2D eigenvalue weighted by atomic mass is 35.5. The number of amides is 1. The average molecular weight is 457 g/mol. The van der Waals surface area contributed by atoms with Gasteiger partial charge in [0.1, 0.15) is 11.5 Å². The Bertz CT molecular complexity index is 1100. The summed E-state index contributed by atoms with van der Waals surface area (Å²) in [4.78, 5) is 24.4. The van der Waals surface area contributed by atoms with Crippen LogP contribution in [-0.2, 0) is 0 Å². The molecular weight excluding hydrogens is 439 g/mol. The van der Waals surface area contributed by atoms with Crippen LogP contribution in [0.15, 0.2) is 71.8 Å². The number of nitrogens with one attached hydrogen (secondary N) is 1. The molecular formula is C23H18Cl2N2O4. The molecule has 31 heavy (non-hydrogen) atoms. The molecule has 0 aliphatic carbocycles.